The Kier molecular flexibility index (Phi) is 4.57. The number of anilines is 1. The van der Waals surface area contributed by atoms with E-state index in [1.807, 2.05) is 0 Å². The maximum Gasteiger partial charge on any atom is 0.471 e. The molecule has 0 unspecified atom stereocenters. The van der Waals surface area contributed by atoms with Gasteiger partial charge in [0.15, 0.2) is 0 Å². The molecule has 1 aromatic heterocycles. The smallest absolute Gasteiger partial charge is 0.471 e. The zero-order chi connectivity index (χ0) is 16.5. The van der Waals surface area contributed by atoms with Gasteiger partial charge in [0.25, 0.3) is 0 Å². The lowest BCUT2D eigenvalue weighted by Gasteiger charge is -2.06. The fourth-order valence-corrected chi connectivity index (χ4v) is 2.97. The van der Waals surface area contributed by atoms with Gasteiger partial charge in [0.1, 0.15) is 4.88 Å². The SMILES string of the molecule is O=C(O)c1sc(-c2cccc(Br)c2)cc1NC(=O)C(F)(F)F. The number of nitrogens with one attached hydrogen (secondary N) is 1. The minimum Gasteiger partial charge on any atom is -0.477 e. The molecule has 2 rings (SSSR count). The number of hydrogen-bond donors (Lipinski definition) is 2. The molecule has 0 spiro atoms. The van der Waals surface area contributed by atoms with E-state index < -0.39 is 18.1 Å². The van der Waals surface area contributed by atoms with Gasteiger partial charge in [0.2, 0.25) is 0 Å². The lowest BCUT2D eigenvalue weighted by Crippen LogP contribution is -2.30. The first kappa shape index (κ1) is 16.5. The second-order valence-electron chi connectivity index (χ2n) is 4.12. The molecule has 0 atom stereocenters. The Balaban J connectivity index is 2.42. The lowest BCUT2D eigenvalue weighted by molar-refractivity contribution is -0.167. The van der Waals surface area contributed by atoms with E-state index in [-0.39, 0.29) is 10.6 Å². The molecule has 9 heteroatoms. The van der Waals surface area contributed by atoms with Crippen molar-refractivity contribution in [2.24, 2.45) is 0 Å². The van der Waals surface area contributed by atoms with Crippen molar-refractivity contribution >= 4 is 44.8 Å². The molecule has 0 fully saturated rings. The first-order chi connectivity index (χ1) is 10.2. The summed E-state index contributed by atoms with van der Waals surface area (Å²) >= 11 is 4.03. The highest BCUT2D eigenvalue weighted by molar-refractivity contribution is 9.10. The van der Waals surface area contributed by atoms with Gasteiger partial charge < -0.3 is 10.4 Å². The van der Waals surface area contributed by atoms with Crippen LogP contribution in [0, 0.1) is 0 Å². The first-order valence-electron chi connectivity index (χ1n) is 5.69. The van der Waals surface area contributed by atoms with Crippen molar-refractivity contribution in [1.82, 2.24) is 0 Å². The van der Waals surface area contributed by atoms with Crippen LogP contribution in [-0.4, -0.2) is 23.2 Å². The molecule has 0 aliphatic rings. The quantitative estimate of drug-likeness (QED) is 0.812. The topological polar surface area (TPSA) is 66.4 Å². The van der Waals surface area contributed by atoms with Crippen LogP contribution in [0.3, 0.4) is 0 Å². The van der Waals surface area contributed by atoms with E-state index in [0.717, 1.165) is 15.8 Å². The van der Waals surface area contributed by atoms with E-state index in [9.17, 15) is 22.8 Å². The summed E-state index contributed by atoms with van der Waals surface area (Å²) in [4.78, 5) is 22.2. The molecular weight excluding hydrogens is 387 g/mol. The number of halogens is 4. The van der Waals surface area contributed by atoms with Gasteiger partial charge in [-0.15, -0.1) is 11.3 Å². The number of carboxylic acid groups (broad SMARTS) is 1. The minimum absolute atomic E-state index is 0.368. The predicted molar refractivity (Wildman–Crippen MR) is 79.1 cm³/mol. The molecule has 2 aromatic rings. The zero-order valence-electron chi connectivity index (χ0n) is 10.6. The highest BCUT2D eigenvalue weighted by atomic mass is 79.9. The normalized spacial score (nSPS) is 11.3. The molecule has 1 aromatic carbocycles. The fraction of sp³-hybridized carbons (Fsp3) is 0.0769. The van der Waals surface area contributed by atoms with Crippen LogP contribution in [-0.2, 0) is 4.79 Å². The zero-order valence-corrected chi connectivity index (χ0v) is 13.0. The Morgan fingerprint density at radius 3 is 2.45 bits per heavy atom. The number of thiophene rings is 1. The van der Waals surface area contributed by atoms with Crippen LogP contribution in [0.4, 0.5) is 18.9 Å². The fourth-order valence-electron chi connectivity index (χ4n) is 1.62. The summed E-state index contributed by atoms with van der Waals surface area (Å²) in [5.74, 6) is -3.63. The highest BCUT2D eigenvalue weighted by Crippen LogP contribution is 2.36. The van der Waals surface area contributed by atoms with Crippen LogP contribution < -0.4 is 5.32 Å². The molecule has 0 saturated carbocycles. The summed E-state index contributed by atoms with van der Waals surface area (Å²) in [5.41, 5.74) is 0.240. The molecule has 0 aliphatic carbocycles. The third-order valence-electron chi connectivity index (χ3n) is 2.54. The average Bonchev–Trinajstić information content (AvgIpc) is 2.81. The summed E-state index contributed by atoms with van der Waals surface area (Å²) < 4.78 is 37.6. The molecule has 22 heavy (non-hydrogen) atoms. The van der Waals surface area contributed by atoms with Crippen molar-refractivity contribution in [2.75, 3.05) is 5.32 Å². The van der Waals surface area contributed by atoms with Gasteiger partial charge in [-0.05, 0) is 23.8 Å². The maximum absolute atomic E-state index is 12.3. The van der Waals surface area contributed by atoms with Gasteiger partial charge in [-0.1, -0.05) is 28.1 Å². The molecule has 1 amide bonds. The van der Waals surface area contributed by atoms with Crippen molar-refractivity contribution in [2.45, 2.75) is 6.18 Å². The van der Waals surface area contributed by atoms with Gasteiger partial charge in [0, 0.05) is 9.35 Å². The van der Waals surface area contributed by atoms with E-state index in [4.69, 9.17) is 5.11 Å². The Bertz CT molecular complexity index is 742. The summed E-state index contributed by atoms with van der Waals surface area (Å²) in [6, 6.07) is 8.03. The number of hydrogen-bond acceptors (Lipinski definition) is 3. The highest BCUT2D eigenvalue weighted by Gasteiger charge is 2.39. The second kappa shape index (κ2) is 6.09. The van der Waals surface area contributed by atoms with Crippen LogP contribution in [0.5, 0.6) is 0 Å². The summed E-state index contributed by atoms with van der Waals surface area (Å²) in [6.07, 6.45) is -5.09. The second-order valence-corrected chi connectivity index (χ2v) is 6.09. The summed E-state index contributed by atoms with van der Waals surface area (Å²) in [6.45, 7) is 0. The van der Waals surface area contributed by atoms with Crippen LogP contribution in [0.15, 0.2) is 34.8 Å². The molecule has 0 saturated heterocycles. The third kappa shape index (κ3) is 3.66. The molecule has 0 aliphatic heterocycles. The van der Waals surface area contributed by atoms with Crippen molar-refractivity contribution in [3.8, 4) is 10.4 Å². The van der Waals surface area contributed by atoms with Crippen LogP contribution in [0.2, 0.25) is 0 Å². The van der Waals surface area contributed by atoms with E-state index in [1.54, 1.807) is 29.6 Å². The largest absolute Gasteiger partial charge is 0.477 e. The van der Waals surface area contributed by atoms with Gasteiger partial charge in [-0.25, -0.2) is 4.79 Å². The van der Waals surface area contributed by atoms with E-state index >= 15 is 0 Å². The number of rotatable bonds is 3. The number of carbonyl (C=O) groups excluding carboxylic acids is 1. The van der Waals surface area contributed by atoms with E-state index in [2.05, 4.69) is 15.9 Å². The molecule has 116 valence electrons. The van der Waals surface area contributed by atoms with Crippen LogP contribution in [0.1, 0.15) is 9.67 Å². The Labute approximate surface area is 134 Å². The molecule has 0 bridgehead atoms. The Hall–Kier alpha value is -1.87. The number of benzene rings is 1. The Morgan fingerprint density at radius 2 is 1.91 bits per heavy atom. The van der Waals surface area contributed by atoms with Crippen molar-refractivity contribution in [3.63, 3.8) is 0 Å². The molecule has 1 heterocycles. The standard InChI is InChI=1S/C13H7BrF3NO3S/c14-7-3-1-2-6(4-7)9-5-8(10(22-9)11(19)20)18-12(21)13(15,16)17/h1-5H,(H,18,21)(H,19,20). The lowest BCUT2D eigenvalue weighted by atomic mass is 10.2. The first-order valence-corrected chi connectivity index (χ1v) is 7.30. The van der Waals surface area contributed by atoms with Gasteiger partial charge in [-0.3, -0.25) is 4.79 Å². The number of carbonyl (C=O) groups is 2. The molecule has 2 N–H and O–H groups in total. The predicted octanol–water partition coefficient (Wildman–Crippen LogP) is 4.38. The van der Waals surface area contributed by atoms with Crippen LogP contribution >= 0.6 is 27.3 Å². The number of carboxylic acids is 1. The number of aromatic carboxylic acids is 1. The van der Waals surface area contributed by atoms with Gasteiger partial charge in [0.05, 0.1) is 5.69 Å². The minimum atomic E-state index is -5.09. The summed E-state index contributed by atoms with van der Waals surface area (Å²) in [7, 11) is 0. The average molecular weight is 394 g/mol. The molecule has 0 radical (unpaired) electrons. The number of alkyl halides is 3. The molecule has 4 nitrogen and oxygen atoms in total. The Morgan fingerprint density at radius 1 is 1.23 bits per heavy atom. The van der Waals surface area contributed by atoms with Crippen molar-refractivity contribution < 1.29 is 27.9 Å². The van der Waals surface area contributed by atoms with Crippen molar-refractivity contribution in [1.29, 1.82) is 0 Å². The van der Waals surface area contributed by atoms with Gasteiger partial charge >= 0.3 is 18.1 Å². The van der Waals surface area contributed by atoms with Gasteiger partial charge in [-0.2, -0.15) is 13.2 Å². The van der Waals surface area contributed by atoms with E-state index in [0.29, 0.717) is 10.4 Å². The summed E-state index contributed by atoms with van der Waals surface area (Å²) in [5, 5.41) is 10.7. The van der Waals surface area contributed by atoms with Crippen LogP contribution in [0.25, 0.3) is 10.4 Å². The third-order valence-corrected chi connectivity index (χ3v) is 4.21. The molecular formula is C13H7BrF3NO3S. The van der Waals surface area contributed by atoms with Crippen molar-refractivity contribution in [3.05, 3.63) is 39.7 Å². The van der Waals surface area contributed by atoms with E-state index in [1.165, 1.54) is 6.07 Å². The maximum atomic E-state index is 12.3. The number of amides is 1. The monoisotopic (exact) mass is 393 g/mol.